The van der Waals surface area contributed by atoms with Crippen LogP contribution in [0.3, 0.4) is 0 Å². The molecule has 1 aromatic carbocycles. The van der Waals surface area contributed by atoms with Crippen LogP contribution < -0.4 is 5.32 Å². The van der Waals surface area contributed by atoms with Crippen molar-refractivity contribution < 1.29 is 19.1 Å². The fourth-order valence-electron chi connectivity index (χ4n) is 3.54. The number of rotatable bonds is 0. The molecular weight excluding hydrogens is 284 g/mol. The van der Waals surface area contributed by atoms with Gasteiger partial charge < -0.3 is 14.0 Å². The molecule has 0 unspecified atom stereocenters. The third-order valence-electron chi connectivity index (χ3n) is 4.50. The summed E-state index contributed by atoms with van der Waals surface area (Å²) in [6, 6.07) is 6.22. The molecule has 0 aliphatic carbocycles. The van der Waals surface area contributed by atoms with E-state index < -0.39 is 17.8 Å². The maximum absolute atomic E-state index is 11.6. The minimum absolute atomic E-state index is 0.149. The number of carbonyl (C=O) groups is 2. The van der Waals surface area contributed by atoms with Gasteiger partial charge in [-0.3, -0.25) is 0 Å². The smallest absolute Gasteiger partial charge is 0.394 e. The predicted octanol–water partition coefficient (Wildman–Crippen LogP) is 1.63. The Hall–Kier alpha value is -2.34. The first-order valence-corrected chi connectivity index (χ1v) is 7.26. The van der Waals surface area contributed by atoms with Crippen molar-refractivity contribution in [3.8, 4) is 0 Å². The molecule has 0 amide bonds. The van der Waals surface area contributed by atoms with Crippen molar-refractivity contribution in [3.05, 3.63) is 35.0 Å². The molecule has 3 heterocycles. The Bertz CT molecular complexity index is 820. The summed E-state index contributed by atoms with van der Waals surface area (Å²) in [6.45, 7) is 6.61. The lowest BCUT2D eigenvalue weighted by atomic mass is 10.1. The molecule has 1 atom stereocenters. The Morgan fingerprint density at radius 1 is 1.23 bits per heavy atom. The van der Waals surface area contributed by atoms with Crippen LogP contribution in [0.5, 0.6) is 0 Å². The average molecular weight is 300 g/mol. The van der Waals surface area contributed by atoms with Gasteiger partial charge in [0.1, 0.15) is 5.69 Å². The molecule has 6 heteroatoms. The summed E-state index contributed by atoms with van der Waals surface area (Å²) >= 11 is 0. The van der Waals surface area contributed by atoms with Crippen LogP contribution >= 0.6 is 0 Å². The number of carbonyl (C=O) groups excluding carboxylic acids is 2. The van der Waals surface area contributed by atoms with Gasteiger partial charge in [0.15, 0.2) is 0 Å². The first-order chi connectivity index (χ1) is 10.4. The SMILES string of the molecule is Cc1c2n(c3c(C)cccc13)[C@H](C)CNC21OC(=O)C(=O)O1. The maximum Gasteiger partial charge on any atom is 0.422 e. The number of aromatic nitrogens is 1. The lowest BCUT2D eigenvalue weighted by Crippen LogP contribution is -2.52. The predicted molar refractivity (Wildman–Crippen MR) is 78.0 cm³/mol. The lowest BCUT2D eigenvalue weighted by molar-refractivity contribution is -0.207. The average Bonchev–Trinajstić information content (AvgIpc) is 2.94. The van der Waals surface area contributed by atoms with Crippen molar-refractivity contribution >= 4 is 22.8 Å². The number of hydrogen-bond acceptors (Lipinski definition) is 5. The molecule has 0 saturated carbocycles. The van der Waals surface area contributed by atoms with Crippen LogP contribution in [0.4, 0.5) is 0 Å². The zero-order valence-electron chi connectivity index (χ0n) is 12.6. The minimum Gasteiger partial charge on any atom is -0.394 e. The number of ether oxygens (including phenoxy) is 2. The lowest BCUT2D eigenvalue weighted by Gasteiger charge is -2.36. The van der Waals surface area contributed by atoms with Crippen LogP contribution in [-0.4, -0.2) is 23.1 Å². The number of nitrogens with zero attached hydrogens (tertiary/aromatic N) is 1. The van der Waals surface area contributed by atoms with Crippen molar-refractivity contribution in [2.75, 3.05) is 6.54 Å². The van der Waals surface area contributed by atoms with Gasteiger partial charge in [-0.2, -0.15) is 0 Å². The Kier molecular flexibility index (Phi) is 2.49. The molecule has 1 saturated heterocycles. The van der Waals surface area contributed by atoms with E-state index >= 15 is 0 Å². The fourth-order valence-corrected chi connectivity index (χ4v) is 3.54. The summed E-state index contributed by atoms with van der Waals surface area (Å²) in [5.41, 5.74) is 3.85. The molecule has 4 rings (SSSR count). The molecular formula is C16H16N2O4. The monoisotopic (exact) mass is 300 g/mol. The molecule has 1 N–H and O–H groups in total. The van der Waals surface area contributed by atoms with Gasteiger partial charge in [-0.05, 0) is 31.9 Å². The summed E-state index contributed by atoms with van der Waals surface area (Å²) < 4.78 is 12.7. The largest absolute Gasteiger partial charge is 0.422 e. The molecule has 0 radical (unpaired) electrons. The van der Waals surface area contributed by atoms with Crippen molar-refractivity contribution in [2.45, 2.75) is 32.7 Å². The number of aryl methyl sites for hydroxylation is 2. The van der Waals surface area contributed by atoms with E-state index in [1.807, 2.05) is 32.0 Å². The molecule has 1 spiro atoms. The second kappa shape index (κ2) is 4.10. The van der Waals surface area contributed by atoms with E-state index in [4.69, 9.17) is 9.47 Å². The van der Waals surface area contributed by atoms with E-state index in [0.29, 0.717) is 12.2 Å². The number of esters is 2. The summed E-state index contributed by atoms with van der Waals surface area (Å²) in [6.07, 6.45) is 0. The highest BCUT2D eigenvalue weighted by Gasteiger charge is 2.55. The summed E-state index contributed by atoms with van der Waals surface area (Å²) in [7, 11) is 0. The van der Waals surface area contributed by atoms with Gasteiger partial charge in [0.25, 0.3) is 0 Å². The second-order valence-electron chi connectivity index (χ2n) is 5.94. The summed E-state index contributed by atoms with van der Waals surface area (Å²) in [5, 5.41) is 4.15. The van der Waals surface area contributed by atoms with E-state index in [2.05, 4.69) is 16.8 Å². The van der Waals surface area contributed by atoms with E-state index in [0.717, 1.165) is 22.0 Å². The number of benzene rings is 1. The van der Waals surface area contributed by atoms with E-state index in [9.17, 15) is 9.59 Å². The Morgan fingerprint density at radius 3 is 2.59 bits per heavy atom. The van der Waals surface area contributed by atoms with Gasteiger partial charge in [-0.1, -0.05) is 18.2 Å². The van der Waals surface area contributed by atoms with Crippen LogP contribution in [0.2, 0.25) is 0 Å². The van der Waals surface area contributed by atoms with Crippen molar-refractivity contribution in [2.24, 2.45) is 0 Å². The highest BCUT2D eigenvalue weighted by atomic mass is 16.8. The second-order valence-corrected chi connectivity index (χ2v) is 5.94. The van der Waals surface area contributed by atoms with Gasteiger partial charge in [0.05, 0.1) is 5.52 Å². The molecule has 2 aliphatic heterocycles. The highest BCUT2D eigenvalue weighted by molar-refractivity contribution is 6.31. The van der Waals surface area contributed by atoms with E-state index in [1.54, 1.807) is 0 Å². The van der Waals surface area contributed by atoms with Crippen molar-refractivity contribution in [1.29, 1.82) is 0 Å². The zero-order valence-corrected chi connectivity index (χ0v) is 12.6. The summed E-state index contributed by atoms with van der Waals surface area (Å²) in [4.78, 5) is 23.2. The summed E-state index contributed by atoms with van der Waals surface area (Å²) in [5.74, 6) is -3.43. The number of para-hydroxylation sites is 1. The van der Waals surface area contributed by atoms with Gasteiger partial charge >= 0.3 is 17.8 Å². The third-order valence-corrected chi connectivity index (χ3v) is 4.50. The molecule has 1 fully saturated rings. The number of hydrogen-bond donors (Lipinski definition) is 1. The molecule has 6 nitrogen and oxygen atoms in total. The van der Waals surface area contributed by atoms with Crippen molar-refractivity contribution in [3.63, 3.8) is 0 Å². The van der Waals surface area contributed by atoms with Crippen molar-refractivity contribution in [1.82, 2.24) is 9.88 Å². The molecule has 114 valence electrons. The van der Waals surface area contributed by atoms with Crippen LogP contribution in [0.1, 0.15) is 29.8 Å². The van der Waals surface area contributed by atoms with Gasteiger partial charge in [0.2, 0.25) is 0 Å². The van der Waals surface area contributed by atoms with Gasteiger partial charge in [0, 0.05) is 18.0 Å². The Labute approximate surface area is 127 Å². The molecule has 1 aromatic heterocycles. The Balaban J connectivity index is 2.08. The van der Waals surface area contributed by atoms with E-state index in [-0.39, 0.29) is 6.04 Å². The van der Waals surface area contributed by atoms with Crippen LogP contribution in [0, 0.1) is 13.8 Å². The highest BCUT2D eigenvalue weighted by Crippen LogP contribution is 2.42. The quantitative estimate of drug-likeness (QED) is 0.591. The minimum atomic E-state index is -1.50. The third kappa shape index (κ3) is 1.47. The molecule has 0 bridgehead atoms. The Morgan fingerprint density at radius 2 is 1.91 bits per heavy atom. The van der Waals surface area contributed by atoms with Gasteiger partial charge in [-0.15, -0.1) is 0 Å². The van der Waals surface area contributed by atoms with E-state index in [1.165, 1.54) is 0 Å². The first-order valence-electron chi connectivity index (χ1n) is 7.26. The van der Waals surface area contributed by atoms with Crippen LogP contribution in [-0.2, 0) is 25.0 Å². The topological polar surface area (TPSA) is 69.6 Å². The van der Waals surface area contributed by atoms with Gasteiger partial charge in [-0.25, -0.2) is 14.9 Å². The normalized spacial score (nSPS) is 22.8. The molecule has 2 aliphatic rings. The maximum atomic E-state index is 11.6. The number of nitrogens with one attached hydrogen (secondary N) is 1. The first kappa shape index (κ1) is 13.3. The standard InChI is InChI=1S/C16H16N2O4/c1-8-5-4-6-11-10(3)13-16(21-14(19)15(20)22-16)17-7-9(2)18(13)12(8)11/h4-6,9,17H,7H2,1-3H3/t9-/m1/s1. The zero-order chi connectivity index (χ0) is 15.6. The number of fused-ring (bicyclic) bond motifs is 4. The molecule has 2 aromatic rings. The molecule has 22 heavy (non-hydrogen) atoms. The van der Waals surface area contributed by atoms with Crippen LogP contribution in [0.25, 0.3) is 10.9 Å². The fraction of sp³-hybridized carbons (Fsp3) is 0.375. The van der Waals surface area contributed by atoms with Crippen LogP contribution in [0.15, 0.2) is 18.2 Å².